The molecule has 2 N–H and O–H groups in total. The van der Waals surface area contributed by atoms with Gasteiger partial charge in [0.1, 0.15) is 0 Å². The predicted molar refractivity (Wildman–Crippen MR) is 57.3 cm³/mol. The Bertz CT molecular complexity index is 483. The summed E-state index contributed by atoms with van der Waals surface area (Å²) in [6.07, 6.45) is -4.53. The third-order valence-electron chi connectivity index (χ3n) is 2.17. The molecule has 0 unspecified atom stereocenters. The minimum atomic E-state index is -4.63. The molecular formula is C11H10F3NO3. The Morgan fingerprint density at radius 3 is 2.39 bits per heavy atom. The van der Waals surface area contributed by atoms with Crippen molar-refractivity contribution < 1.29 is 27.9 Å². The van der Waals surface area contributed by atoms with Crippen LogP contribution in [0.3, 0.4) is 0 Å². The molecule has 4 nitrogen and oxygen atoms in total. The Morgan fingerprint density at radius 2 is 1.94 bits per heavy atom. The van der Waals surface area contributed by atoms with Gasteiger partial charge in [-0.05, 0) is 18.2 Å². The Morgan fingerprint density at radius 1 is 1.33 bits per heavy atom. The number of anilines is 1. The summed E-state index contributed by atoms with van der Waals surface area (Å²) in [5.41, 5.74) is -1.82. The SMILES string of the molecule is CCC(=O)Nc1ccc(C(F)(F)F)cc1C(=O)O. The maximum absolute atomic E-state index is 12.4. The number of rotatable bonds is 3. The fourth-order valence-electron chi connectivity index (χ4n) is 1.25. The molecule has 1 rings (SSSR count). The van der Waals surface area contributed by atoms with Crippen molar-refractivity contribution >= 4 is 17.6 Å². The number of hydrogen-bond acceptors (Lipinski definition) is 2. The molecule has 0 saturated carbocycles. The highest BCUT2D eigenvalue weighted by atomic mass is 19.4. The first-order valence-electron chi connectivity index (χ1n) is 5.00. The third-order valence-corrected chi connectivity index (χ3v) is 2.17. The highest BCUT2D eigenvalue weighted by molar-refractivity contribution is 6.00. The number of alkyl halides is 3. The van der Waals surface area contributed by atoms with E-state index in [1.54, 1.807) is 6.92 Å². The van der Waals surface area contributed by atoms with Gasteiger partial charge in [-0.2, -0.15) is 13.2 Å². The lowest BCUT2D eigenvalue weighted by molar-refractivity contribution is -0.137. The quantitative estimate of drug-likeness (QED) is 0.879. The van der Waals surface area contributed by atoms with Crippen LogP contribution in [0, 0.1) is 0 Å². The molecule has 98 valence electrons. The molecule has 0 atom stereocenters. The zero-order chi connectivity index (χ0) is 13.9. The molecular weight excluding hydrogens is 251 g/mol. The molecule has 0 radical (unpaired) electrons. The normalized spacial score (nSPS) is 11.1. The zero-order valence-corrected chi connectivity index (χ0v) is 9.34. The van der Waals surface area contributed by atoms with Crippen LogP contribution >= 0.6 is 0 Å². The van der Waals surface area contributed by atoms with Gasteiger partial charge in [0.15, 0.2) is 0 Å². The van der Waals surface area contributed by atoms with Gasteiger partial charge in [0, 0.05) is 6.42 Å². The zero-order valence-electron chi connectivity index (χ0n) is 9.34. The molecule has 0 aliphatic heterocycles. The maximum Gasteiger partial charge on any atom is 0.416 e. The Labute approximate surface area is 100 Å². The van der Waals surface area contributed by atoms with Crippen LogP contribution in [0.4, 0.5) is 18.9 Å². The number of carbonyl (C=O) groups excluding carboxylic acids is 1. The summed E-state index contributed by atoms with van der Waals surface area (Å²) in [4.78, 5) is 22.0. The summed E-state index contributed by atoms with van der Waals surface area (Å²) >= 11 is 0. The average Bonchev–Trinajstić information content (AvgIpc) is 2.27. The number of aromatic carboxylic acids is 1. The van der Waals surface area contributed by atoms with Crippen LogP contribution in [-0.2, 0) is 11.0 Å². The van der Waals surface area contributed by atoms with Gasteiger partial charge in [-0.1, -0.05) is 6.92 Å². The number of carboxylic acids is 1. The van der Waals surface area contributed by atoms with Crippen molar-refractivity contribution in [3.63, 3.8) is 0 Å². The number of hydrogen-bond donors (Lipinski definition) is 2. The highest BCUT2D eigenvalue weighted by Gasteiger charge is 2.31. The van der Waals surface area contributed by atoms with E-state index < -0.39 is 29.2 Å². The van der Waals surface area contributed by atoms with Crippen LogP contribution in [-0.4, -0.2) is 17.0 Å². The van der Waals surface area contributed by atoms with E-state index >= 15 is 0 Å². The van der Waals surface area contributed by atoms with Crippen molar-refractivity contribution in [1.82, 2.24) is 0 Å². The number of carbonyl (C=O) groups is 2. The lowest BCUT2D eigenvalue weighted by Crippen LogP contribution is -2.15. The first-order valence-corrected chi connectivity index (χ1v) is 5.00. The summed E-state index contributed by atoms with van der Waals surface area (Å²) in [5, 5.41) is 11.1. The van der Waals surface area contributed by atoms with Crippen LogP contribution in [0.2, 0.25) is 0 Å². The Kier molecular flexibility index (Phi) is 3.95. The van der Waals surface area contributed by atoms with Crippen molar-refractivity contribution in [2.45, 2.75) is 19.5 Å². The van der Waals surface area contributed by atoms with Gasteiger partial charge in [0.2, 0.25) is 5.91 Å². The van der Waals surface area contributed by atoms with Crippen molar-refractivity contribution in [3.8, 4) is 0 Å². The molecule has 0 aliphatic rings. The third kappa shape index (κ3) is 3.22. The van der Waals surface area contributed by atoms with Gasteiger partial charge in [0.05, 0.1) is 16.8 Å². The summed E-state index contributed by atoms with van der Waals surface area (Å²) in [5.74, 6) is -2.01. The second-order valence-electron chi connectivity index (χ2n) is 3.47. The van der Waals surface area contributed by atoms with Gasteiger partial charge in [0.25, 0.3) is 0 Å². The molecule has 7 heteroatoms. The van der Waals surface area contributed by atoms with Crippen LogP contribution in [0.15, 0.2) is 18.2 Å². The molecule has 0 saturated heterocycles. The van der Waals surface area contributed by atoms with Crippen molar-refractivity contribution in [2.24, 2.45) is 0 Å². The van der Waals surface area contributed by atoms with E-state index in [-0.39, 0.29) is 12.1 Å². The Balaban J connectivity index is 3.21. The first-order chi connectivity index (χ1) is 8.25. The number of carboxylic acid groups (broad SMARTS) is 1. The van der Waals surface area contributed by atoms with Gasteiger partial charge < -0.3 is 10.4 Å². The van der Waals surface area contributed by atoms with Crippen molar-refractivity contribution in [3.05, 3.63) is 29.3 Å². The van der Waals surface area contributed by atoms with E-state index in [1.165, 1.54) is 0 Å². The van der Waals surface area contributed by atoms with Crippen LogP contribution in [0.1, 0.15) is 29.3 Å². The van der Waals surface area contributed by atoms with E-state index in [1.807, 2.05) is 0 Å². The second kappa shape index (κ2) is 5.07. The van der Waals surface area contributed by atoms with E-state index in [2.05, 4.69) is 5.32 Å². The molecule has 0 heterocycles. The van der Waals surface area contributed by atoms with E-state index in [0.717, 1.165) is 12.1 Å². The lowest BCUT2D eigenvalue weighted by atomic mass is 10.1. The van der Waals surface area contributed by atoms with E-state index in [9.17, 15) is 22.8 Å². The molecule has 0 bridgehead atoms. The monoisotopic (exact) mass is 261 g/mol. The minimum Gasteiger partial charge on any atom is -0.478 e. The van der Waals surface area contributed by atoms with Crippen LogP contribution in [0.5, 0.6) is 0 Å². The fraction of sp³-hybridized carbons (Fsp3) is 0.273. The summed E-state index contributed by atoms with van der Waals surface area (Å²) in [6.45, 7) is 1.54. The van der Waals surface area contributed by atoms with Crippen LogP contribution < -0.4 is 5.32 Å². The number of halogens is 3. The van der Waals surface area contributed by atoms with Gasteiger partial charge in [-0.3, -0.25) is 4.79 Å². The van der Waals surface area contributed by atoms with Gasteiger partial charge >= 0.3 is 12.1 Å². The minimum absolute atomic E-state index is 0.0973. The van der Waals surface area contributed by atoms with E-state index in [0.29, 0.717) is 6.07 Å². The predicted octanol–water partition coefficient (Wildman–Crippen LogP) is 2.75. The summed E-state index contributed by atoms with van der Waals surface area (Å²) < 4.78 is 37.2. The molecule has 1 amide bonds. The summed E-state index contributed by atoms with van der Waals surface area (Å²) in [6, 6.07) is 2.14. The highest BCUT2D eigenvalue weighted by Crippen LogP contribution is 2.31. The number of amides is 1. The molecule has 18 heavy (non-hydrogen) atoms. The van der Waals surface area contributed by atoms with E-state index in [4.69, 9.17) is 5.11 Å². The molecule has 1 aromatic rings. The molecule has 0 fully saturated rings. The second-order valence-corrected chi connectivity index (χ2v) is 3.47. The first kappa shape index (κ1) is 14.0. The smallest absolute Gasteiger partial charge is 0.416 e. The molecule has 1 aromatic carbocycles. The topological polar surface area (TPSA) is 66.4 Å². The van der Waals surface area contributed by atoms with Crippen molar-refractivity contribution in [1.29, 1.82) is 0 Å². The fourth-order valence-corrected chi connectivity index (χ4v) is 1.25. The largest absolute Gasteiger partial charge is 0.478 e. The number of nitrogens with one attached hydrogen (secondary N) is 1. The van der Waals surface area contributed by atoms with Crippen LogP contribution in [0.25, 0.3) is 0 Å². The lowest BCUT2D eigenvalue weighted by Gasteiger charge is -2.11. The summed E-state index contributed by atoms with van der Waals surface area (Å²) in [7, 11) is 0. The molecule has 0 spiro atoms. The Hall–Kier alpha value is -2.05. The standard InChI is InChI=1S/C11H10F3NO3/c1-2-9(16)15-8-4-3-6(11(12,13)14)5-7(8)10(17)18/h3-5H,2H2,1H3,(H,15,16)(H,17,18). The number of benzene rings is 1. The molecule has 0 aliphatic carbocycles. The maximum atomic E-state index is 12.4. The van der Waals surface area contributed by atoms with Gasteiger partial charge in [-0.15, -0.1) is 0 Å². The van der Waals surface area contributed by atoms with Gasteiger partial charge in [-0.25, -0.2) is 4.79 Å². The average molecular weight is 261 g/mol. The molecule has 0 aromatic heterocycles. The van der Waals surface area contributed by atoms with Crippen molar-refractivity contribution in [2.75, 3.05) is 5.32 Å².